The maximum absolute atomic E-state index is 12.3. The first kappa shape index (κ1) is 17.2. The summed E-state index contributed by atoms with van der Waals surface area (Å²) in [7, 11) is 0. The number of fused-ring (bicyclic) bond motifs is 1. The van der Waals surface area contributed by atoms with Crippen LogP contribution in [-0.2, 0) is 4.79 Å². The summed E-state index contributed by atoms with van der Waals surface area (Å²) in [6.07, 6.45) is 3.47. The zero-order valence-corrected chi connectivity index (χ0v) is 14.5. The fraction of sp³-hybridized carbons (Fsp3) is 0.353. The number of rotatable bonds is 7. The van der Waals surface area contributed by atoms with Gasteiger partial charge in [0.25, 0.3) is 5.91 Å². The summed E-state index contributed by atoms with van der Waals surface area (Å²) < 4.78 is 10.6. The number of amides is 1. The quantitative estimate of drug-likeness (QED) is 0.786. The van der Waals surface area contributed by atoms with E-state index in [0.29, 0.717) is 27.8 Å². The van der Waals surface area contributed by atoms with Gasteiger partial charge in [0.1, 0.15) is 15.9 Å². The Kier molecular flexibility index (Phi) is 5.18. The van der Waals surface area contributed by atoms with Gasteiger partial charge in [-0.25, -0.2) is 9.78 Å². The third-order valence-electron chi connectivity index (χ3n) is 3.80. The van der Waals surface area contributed by atoms with Gasteiger partial charge in [0.2, 0.25) is 6.79 Å². The molecule has 0 saturated heterocycles. The third kappa shape index (κ3) is 3.90. The van der Waals surface area contributed by atoms with Crippen LogP contribution in [0, 0.1) is 0 Å². The van der Waals surface area contributed by atoms with Crippen LogP contribution >= 0.6 is 11.3 Å². The lowest BCUT2D eigenvalue weighted by Crippen LogP contribution is -2.40. The third-order valence-corrected chi connectivity index (χ3v) is 4.84. The van der Waals surface area contributed by atoms with Crippen LogP contribution in [0.5, 0.6) is 11.5 Å². The summed E-state index contributed by atoms with van der Waals surface area (Å²) in [5.41, 5.74) is 0.814. The molecule has 0 saturated carbocycles. The van der Waals surface area contributed by atoms with Gasteiger partial charge in [-0.05, 0) is 24.6 Å². The number of carbonyl (C=O) groups is 2. The maximum Gasteiger partial charge on any atom is 0.326 e. The Morgan fingerprint density at radius 2 is 2.16 bits per heavy atom. The minimum Gasteiger partial charge on any atom is -0.480 e. The molecule has 0 aliphatic carbocycles. The lowest BCUT2D eigenvalue weighted by Gasteiger charge is -2.12. The van der Waals surface area contributed by atoms with Gasteiger partial charge in [0.05, 0.1) is 6.20 Å². The average molecular weight is 362 g/mol. The van der Waals surface area contributed by atoms with Crippen molar-refractivity contribution >= 4 is 23.2 Å². The maximum atomic E-state index is 12.3. The van der Waals surface area contributed by atoms with Crippen LogP contribution < -0.4 is 14.8 Å². The second-order valence-electron chi connectivity index (χ2n) is 5.60. The van der Waals surface area contributed by atoms with Crippen molar-refractivity contribution in [3.8, 4) is 22.1 Å². The number of aromatic nitrogens is 1. The molecule has 132 valence electrons. The number of aliphatic carboxylic acids is 1. The Hall–Kier alpha value is -2.61. The van der Waals surface area contributed by atoms with Crippen LogP contribution in [0.4, 0.5) is 0 Å². The highest BCUT2D eigenvalue weighted by molar-refractivity contribution is 7.16. The Morgan fingerprint density at radius 3 is 2.92 bits per heavy atom. The number of carbonyl (C=O) groups excluding carboxylic acids is 1. The van der Waals surface area contributed by atoms with Crippen molar-refractivity contribution < 1.29 is 24.2 Å². The van der Waals surface area contributed by atoms with Crippen LogP contribution in [0.3, 0.4) is 0 Å². The Balaban J connectivity index is 1.72. The van der Waals surface area contributed by atoms with Gasteiger partial charge >= 0.3 is 5.97 Å². The van der Waals surface area contributed by atoms with Crippen molar-refractivity contribution in [3.05, 3.63) is 29.3 Å². The number of nitrogens with one attached hydrogen (secondary N) is 1. The van der Waals surface area contributed by atoms with E-state index in [9.17, 15) is 14.7 Å². The summed E-state index contributed by atoms with van der Waals surface area (Å²) in [6, 6.07) is 4.56. The summed E-state index contributed by atoms with van der Waals surface area (Å²) in [6.45, 7) is 2.17. The smallest absolute Gasteiger partial charge is 0.326 e. The predicted molar refractivity (Wildman–Crippen MR) is 92.1 cm³/mol. The number of hydrogen-bond donors (Lipinski definition) is 2. The first-order chi connectivity index (χ1) is 12.1. The predicted octanol–water partition coefficient (Wildman–Crippen LogP) is 2.91. The number of unbranched alkanes of at least 4 members (excludes halogenated alkanes) is 1. The molecule has 8 heteroatoms. The van der Waals surface area contributed by atoms with E-state index in [1.807, 2.05) is 19.1 Å². The standard InChI is InChI=1S/C17H18N2O5S/c1-2-3-4-11(17(21)22)19-15(20)14-8-18-16(25-14)10-5-6-12-13(7-10)24-9-23-12/h5-8,11H,2-4,9H2,1H3,(H,19,20)(H,21,22). The number of ether oxygens (including phenoxy) is 2. The van der Waals surface area contributed by atoms with Gasteiger partial charge in [-0.15, -0.1) is 11.3 Å². The molecule has 0 radical (unpaired) electrons. The molecule has 1 unspecified atom stereocenters. The number of hydrogen-bond acceptors (Lipinski definition) is 6. The number of benzene rings is 1. The molecule has 3 rings (SSSR count). The molecule has 2 heterocycles. The number of thiazole rings is 1. The summed E-state index contributed by atoms with van der Waals surface area (Å²) in [5, 5.41) is 12.4. The SMILES string of the molecule is CCCCC(NC(=O)c1cnc(-c2ccc3c(c2)OCO3)s1)C(=O)O. The van der Waals surface area contributed by atoms with Crippen molar-refractivity contribution in [2.45, 2.75) is 32.2 Å². The van der Waals surface area contributed by atoms with Gasteiger partial charge in [-0.2, -0.15) is 0 Å². The van der Waals surface area contributed by atoms with E-state index in [4.69, 9.17) is 9.47 Å². The van der Waals surface area contributed by atoms with Crippen molar-refractivity contribution in [2.75, 3.05) is 6.79 Å². The molecule has 1 atom stereocenters. The van der Waals surface area contributed by atoms with Crippen LogP contribution in [0.25, 0.3) is 10.6 Å². The molecule has 0 bridgehead atoms. The molecule has 2 aromatic rings. The van der Waals surface area contributed by atoms with Gasteiger partial charge in [0, 0.05) is 5.56 Å². The molecule has 1 amide bonds. The highest BCUT2D eigenvalue weighted by Gasteiger charge is 2.22. The molecule has 25 heavy (non-hydrogen) atoms. The minimum absolute atomic E-state index is 0.193. The van der Waals surface area contributed by atoms with E-state index in [0.717, 1.165) is 18.4 Å². The van der Waals surface area contributed by atoms with E-state index in [1.165, 1.54) is 17.5 Å². The minimum atomic E-state index is -1.03. The van der Waals surface area contributed by atoms with Crippen molar-refractivity contribution in [1.82, 2.24) is 10.3 Å². The average Bonchev–Trinajstić information content (AvgIpc) is 3.26. The molecule has 7 nitrogen and oxygen atoms in total. The lowest BCUT2D eigenvalue weighted by atomic mass is 10.1. The van der Waals surface area contributed by atoms with Gasteiger partial charge in [-0.1, -0.05) is 19.8 Å². The highest BCUT2D eigenvalue weighted by atomic mass is 32.1. The molecule has 2 N–H and O–H groups in total. The van der Waals surface area contributed by atoms with Gasteiger partial charge in [-0.3, -0.25) is 4.79 Å². The van der Waals surface area contributed by atoms with Crippen LogP contribution in [-0.4, -0.2) is 34.8 Å². The van der Waals surface area contributed by atoms with Crippen LogP contribution in [0.2, 0.25) is 0 Å². The van der Waals surface area contributed by atoms with E-state index < -0.39 is 17.9 Å². The molecular formula is C17H18N2O5S. The molecule has 1 aliphatic rings. The second kappa shape index (κ2) is 7.52. The fourth-order valence-corrected chi connectivity index (χ4v) is 3.25. The van der Waals surface area contributed by atoms with Crippen molar-refractivity contribution in [3.63, 3.8) is 0 Å². The number of carboxylic acid groups (broad SMARTS) is 1. The first-order valence-corrected chi connectivity index (χ1v) is 8.79. The largest absolute Gasteiger partial charge is 0.480 e. The molecule has 1 aromatic heterocycles. The normalized spacial score (nSPS) is 13.5. The second-order valence-corrected chi connectivity index (χ2v) is 6.63. The molecule has 1 aromatic carbocycles. The zero-order chi connectivity index (χ0) is 17.8. The van der Waals surface area contributed by atoms with Crippen molar-refractivity contribution in [2.24, 2.45) is 0 Å². The first-order valence-electron chi connectivity index (χ1n) is 7.98. The van der Waals surface area contributed by atoms with E-state index in [1.54, 1.807) is 6.07 Å². The van der Waals surface area contributed by atoms with Crippen LogP contribution in [0.15, 0.2) is 24.4 Å². The van der Waals surface area contributed by atoms with Gasteiger partial charge in [0.15, 0.2) is 11.5 Å². The molecule has 0 spiro atoms. The van der Waals surface area contributed by atoms with Crippen LogP contribution in [0.1, 0.15) is 35.9 Å². The fourth-order valence-electron chi connectivity index (χ4n) is 2.44. The topological polar surface area (TPSA) is 97.8 Å². The van der Waals surface area contributed by atoms with E-state index in [-0.39, 0.29) is 6.79 Å². The van der Waals surface area contributed by atoms with Crippen molar-refractivity contribution in [1.29, 1.82) is 0 Å². The zero-order valence-electron chi connectivity index (χ0n) is 13.7. The Morgan fingerprint density at radius 1 is 1.36 bits per heavy atom. The Labute approximate surface area is 148 Å². The lowest BCUT2D eigenvalue weighted by molar-refractivity contribution is -0.139. The number of nitrogens with zero attached hydrogens (tertiary/aromatic N) is 1. The summed E-state index contributed by atoms with van der Waals surface area (Å²) in [4.78, 5) is 28.2. The highest BCUT2D eigenvalue weighted by Crippen LogP contribution is 2.36. The summed E-state index contributed by atoms with van der Waals surface area (Å²) >= 11 is 1.20. The molecular weight excluding hydrogens is 344 g/mol. The monoisotopic (exact) mass is 362 g/mol. The number of carboxylic acids is 1. The molecule has 1 aliphatic heterocycles. The van der Waals surface area contributed by atoms with Gasteiger partial charge < -0.3 is 19.9 Å². The van der Waals surface area contributed by atoms with E-state index in [2.05, 4.69) is 10.3 Å². The molecule has 0 fully saturated rings. The van der Waals surface area contributed by atoms with E-state index >= 15 is 0 Å². The Bertz CT molecular complexity index is 789. The summed E-state index contributed by atoms with van der Waals surface area (Å²) in [5.74, 6) is -0.127.